The first-order valence-electron chi connectivity index (χ1n) is 5.15. The van der Waals surface area contributed by atoms with Crippen molar-refractivity contribution in [2.24, 2.45) is 0 Å². The fraction of sp³-hybridized carbons (Fsp3) is 0.0769. The van der Waals surface area contributed by atoms with Crippen LogP contribution in [0.25, 0.3) is 0 Å². The zero-order valence-electron chi connectivity index (χ0n) is 9.46. The Bertz CT molecular complexity index is 554. The molecule has 0 amide bonds. The number of hydrogen-bond acceptors (Lipinski definition) is 4. The quantitative estimate of drug-likeness (QED) is 0.850. The number of nitrogen functional groups attached to an aromatic ring is 1. The molecule has 0 aliphatic heterocycles. The number of nitrogens with zero attached hydrogens (tertiary/aromatic N) is 3. The average molecular weight is 224 g/mol. The van der Waals surface area contributed by atoms with Crippen molar-refractivity contribution >= 4 is 17.1 Å². The van der Waals surface area contributed by atoms with Gasteiger partial charge in [-0.2, -0.15) is 5.26 Å². The molecule has 0 unspecified atom stereocenters. The van der Waals surface area contributed by atoms with Crippen molar-refractivity contribution in [2.75, 3.05) is 17.7 Å². The van der Waals surface area contributed by atoms with Crippen LogP contribution in [0, 0.1) is 11.3 Å². The molecule has 1 aromatic carbocycles. The minimum atomic E-state index is 0.628. The number of aromatic nitrogens is 1. The number of benzene rings is 1. The number of nitriles is 1. The third-order valence-corrected chi connectivity index (χ3v) is 2.52. The maximum absolute atomic E-state index is 8.73. The molecular weight excluding hydrogens is 212 g/mol. The van der Waals surface area contributed by atoms with Crippen molar-refractivity contribution in [1.82, 2.24) is 4.98 Å². The predicted octanol–water partition coefficient (Wildman–Crippen LogP) is 2.30. The fourth-order valence-corrected chi connectivity index (χ4v) is 1.54. The van der Waals surface area contributed by atoms with Gasteiger partial charge in [0.15, 0.2) is 0 Å². The van der Waals surface area contributed by atoms with Crippen molar-refractivity contribution in [2.45, 2.75) is 0 Å². The summed E-state index contributed by atoms with van der Waals surface area (Å²) in [6.45, 7) is 0. The van der Waals surface area contributed by atoms with E-state index in [2.05, 4.69) is 11.1 Å². The first kappa shape index (κ1) is 11.0. The minimum Gasteiger partial charge on any atom is -0.397 e. The third kappa shape index (κ3) is 2.34. The Kier molecular flexibility index (Phi) is 2.93. The number of rotatable bonds is 2. The smallest absolute Gasteiger partial charge is 0.0991 e. The summed E-state index contributed by atoms with van der Waals surface area (Å²) < 4.78 is 0. The molecule has 17 heavy (non-hydrogen) atoms. The molecule has 0 spiro atoms. The van der Waals surface area contributed by atoms with Gasteiger partial charge in [0, 0.05) is 18.9 Å². The van der Waals surface area contributed by atoms with Gasteiger partial charge in [-0.3, -0.25) is 4.98 Å². The van der Waals surface area contributed by atoms with E-state index < -0.39 is 0 Å². The molecule has 0 fully saturated rings. The molecule has 4 nitrogen and oxygen atoms in total. The highest BCUT2D eigenvalue weighted by molar-refractivity contribution is 5.65. The van der Waals surface area contributed by atoms with Gasteiger partial charge < -0.3 is 10.6 Å². The topological polar surface area (TPSA) is 65.9 Å². The van der Waals surface area contributed by atoms with Gasteiger partial charge in [0.05, 0.1) is 29.2 Å². The lowest BCUT2D eigenvalue weighted by Gasteiger charge is -2.19. The molecule has 0 aliphatic carbocycles. The van der Waals surface area contributed by atoms with Crippen LogP contribution in [0.3, 0.4) is 0 Å². The summed E-state index contributed by atoms with van der Waals surface area (Å²) in [6.07, 6.45) is 3.35. The summed E-state index contributed by atoms with van der Waals surface area (Å²) in [7, 11) is 1.93. The molecule has 0 saturated heterocycles. The summed E-state index contributed by atoms with van der Waals surface area (Å²) in [6, 6.07) is 11.3. The molecule has 0 radical (unpaired) electrons. The molecule has 0 atom stereocenters. The lowest BCUT2D eigenvalue weighted by atomic mass is 10.2. The number of hydrogen-bond donors (Lipinski definition) is 1. The Balaban J connectivity index is 2.30. The zero-order valence-corrected chi connectivity index (χ0v) is 9.46. The maximum Gasteiger partial charge on any atom is 0.0991 e. The Morgan fingerprint density at radius 1 is 1.18 bits per heavy atom. The summed E-state index contributed by atoms with van der Waals surface area (Å²) in [5.41, 5.74) is 8.86. The van der Waals surface area contributed by atoms with Crippen molar-refractivity contribution in [1.29, 1.82) is 5.26 Å². The van der Waals surface area contributed by atoms with Crippen LogP contribution < -0.4 is 10.6 Å². The summed E-state index contributed by atoms with van der Waals surface area (Å²) in [5, 5.41) is 8.73. The molecule has 2 rings (SSSR count). The Hall–Kier alpha value is -2.54. The lowest BCUT2D eigenvalue weighted by Crippen LogP contribution is -2.09. The van der Waals surface area contributed by atoms with Gasteiger partial charge in [0.25, 0.3) is 0 Å². The van der Waals surface area contributed by atoms with E-state index in [1.165, 1.54) is 0 Å². The molecule has 4 heteroatoms. The van der Waals surface area contributed by atoms with Crippen LogP contribution in [0.2, 0.25) is 0 Å². The monoisotopic (exact) mass is 224 g/mol. The van der Waals surface area contributed by atoms with Gasteiger partial charge in [0.2, 0.25) is 0 Å². The SMILES string of the molecule is CN(c1ccc(C#N)cc1)c1cncc(N)c1. The van der Waals surface area contributed by atoms with Crippen molar-refractivity contribution < 1.29 is 0 Å². The largest absolute Gasteiger partial charge is 0.397 e. The maximum atomic E-state index is 8.73. The standard InChI is InChI=1S/C13H12N4/c1-17(13-6-11(15)8-16-9-13)12-4-2-10(7-14)3-5-12/h2-6,8-9H,15H2,1H3. The number of nitrogens with two attached hydrogens (primary N) is 1. The van der Waals surface area contributed by atoms with E-state index >= 15 is 0 Å². The lowest BCUT2D eigenvalue weighted by molar-refractivity contribution is 1.18. The van der Waals surface area contributed by atoms with Crippen molar-refractivity contribution in [3.8, 4) is 6.07 Å². The van der Waals surface area contributed by atoms with Crippen LogP contribution in [-0.4, -0.2) is 12.0 Å². The van der Waals surface area contributed by atoms with E-state index in [-0.39, 0.29) is 0 Å². The average Bonchev–Trinajstić information content (AvgIpc) is 2.38. The summed E-state index contributed by atoms with van der Waals surface area (Å²) in [5.74, 6) is 0. The Morgan fingerprint density at radius 2 is 1.88 bits per heavy atom. The van der Waals surface area contributed by atoms with Gasteiger partial charge in [-0.15, -0.1) is 0 Å². The highest BCUT2D eigenvalue weighted by Crippen LogP contribution is 2.24. The third-order valence-electron chi connectivity index (χ3n) is 2.52. The molecule has 1 aromatic heterocycles. The second kappa shape index (κ2) is 4.54. The molecular formula is C13H12N4. The highest BCUT2D eigenvalue weighted by atomic mass is 15.1. The van der Waals surface area contributed by atoms with E-state index in [1.807, 2.05) is 30.1 Å². The minimum absolute atomic E-state index is 0.628. The van der Waals surface area contributed by atoms with Crippen molar-refractivity contribution in [3.05, 3.63) is 48.3 Å². The highest BCUT2D eigenvalue weighted by Gasteiger charge is 2.04. The van der Waals surface area contributed by atoms with Crippen LogP contribution in [0.4, 0.5) is 17.1 Å². The Morgan fingerprint density at radius 3 is 2.47 bits per heavy atom. The molecule has 2 N–H and O–H groups in total. The molecule has 84 valence electrons. The van der Waals surface area contributed by atoms with Gasteiger partial charge >= 0.3 is 0 Å². The second-order valence-corrected chi connectivity index (χ2v) is 3.69. The molecule has 0 saturated carbocycles. The fourth-order valence-electron chi connectivity index (χ4n) is 1.54. The number of anilines is 3. The van der Waals surface area contributed by atoms with Gasteiger partial charge in [-0.25, -0.2) is 0 Å². The van der Waals surface area contributed by atoms with E-state index in [9.17, 15) is 0 Å². The first-order chi connectivity index (χ1) is 8.20. The first-order valence-corrected chi connectivity index (χ1v) is 5.15. The summed E-state index contributed by atoms with van der Waals surface area (Å²) >= 11 is 0. The molecule has 2 aromatic rings. The normalized spacial score (nSPS) is 9.65. The van der Waals surface area contributed by atoms with E-state index in [0.717, 1.165) is 11.4 Å². The zero-order chi connectivity index (χ0) is 12.3. The Labute approximate surface area is 99.9 Å². The van der Waals surface area contributed by atoms with Crippen LogP contribution in [0.5, 0.6) is 0 Å². The van der Waals surface area contributed by atoms with Crippen LogP contribution in [-0.2, 0) is 0 Å². The van der Waals surface area contributed by atoms with Gasteiger partial charge in [0.1, 0.15) is 0 Å². The van der Waals surface area contributed by atoms with Crippen LogP contribution >= 0.6 is 0 Å². The van der Waals surface area contributed by atoms with E-state index in [0.29, 0.717) is 11.3 Å². The molecule has 0 bridgehead atoms. The van der Waals surface area contributed by atoms with Crippen LogP contribution in [0.1, 0.15) is 5.56 Å². The molecule has 0 aliphatic rings. The van der Waals surface area contributed by atoms with Gasteiger partial charge in [-0.1, -0.05) is 0 Å². The van der Waals surface area contributed by atoms with E-state index in [4.69, 9.17) is 11.0 Å². The second-order valence-electron chi connectivity index (χ2n) is 3.69. The van der Waals surface area contributed by atoms with Crippen LogP contribution in [0.15, 0.2) is 42.7 Å². The predicted molar refractivity (Wildman–Crippen MR) is 67.9 cm³/mol. The number of pyridine rings is 1. The van der Waals surface area contributed by atoms with E-state index in [1.54, 1.807) is 24.5 Å². The van der Waals surface area contributed by atoms with Crippen molar-refractivity contribution in [3.63, 3.8) is 0 Å². The summed E-state index contributed by atoms with van der Waals surface area (Å²) in [4.78, 5) is 6.01. The molecule has 1 heterocycles. The van der Waals surface area contributed by atoms with Gasteiger partial charge in [-0.05, 0) is 30.3 Å².